The Labute approximate surface area is 164 Å². The molecule has 0 saturated heterocycles. The van der Waals surface area contributed by atoms with Gasteiger partial charge in [-0.15, -0.1) is 0 Å². The summed E-state index contributed by atoms with van der Waals surface area (Å²) >= 11 is 0. The molecule has 1 aromatic carbocycles. The molecule has 0 spiro atoms. The van der Waals surface area contributed by atoms with Crippen LogP contribution in [0.15, 0.2) is 30.3 Å². The minimum atomic E-state index is -4.77. The van der Waals surface area contributed by atoms with Crippen LogP contribution in [-0.4, -0.2) is 37.4 Å². The molecule has 156 valence electrons. The fraction of sp³-hybridized carbons (Fsp3) is 0.700. The van der Waals surface area contributed by atoms with Gasteiger partial charge >= 0.3 is 10.1 Å². The van der Waals surface area contributed by atoms with E-state index >= 15 is 0 Å². The quantitative estimate of drug-likeness (QED) is 0.458. The van der Waals surface area contributed by atoms with Gasteiger partial charge in [0.15, 0.2) is 0 Å². The summed E-state index contributed by atoms with van der Waals surface area (Å²) in [6.07, 6.45) is -0.872. The summed E-state index contributed by atoms with van der Waals surface area (Å²) < 4.78 is 53.5. The summed E-state index contributed by atoms with van der Waals surface area (Å²) in [6.45, 7) is 13.4. The van der Waals surface area contributed by atoms with Gasteiger partial charge < -0.3 is 14.2 Å². The van der Waals surface area contributed by atoms with Crippen molar-refractivity contribution in [1.82, 2.24) is 0 Å². The van der Waals surface area contributed by atoms with Crippen LogP contribution in [0.1, 0.15) is 54.9 Å². The Balaban J connectivity index is 3.72. The maximum Gasteiger partial charge on any atom is 0.312 e. The van der Waals surface area contributed by atoms with Gasteiger partial charge in [0.2, 0.25) is 6.29 Å². The molecule has 0 saturated carbocycles. The van der Waals surface area contributed by atoms with Gasteiger partial charge in [-0.2, -0.15) is 8.42 Å². The second-order valence-electron chi connectivity index (χ2n) is 8.42. The van der Waals surface area contributed by atoms with Gasteiger partial charge in [-0.05, 0) is 37.8 Å². The lowest BCUT2D eigenvalue weighted by atomic mass is 9.72. The van der Waals surface area contributed by atoms with Crippen molar-refractivity contribution in [3.63, 3.8) is 0 Å². The van der Waals surface area contributed by atoms with E-state index in [1.807, 2.05) is 20.8 Å². The lowest BCUT2D eigenvalue weighted by molar-refractivity contribution is -0.229. The van der Waals surface area contributed by atoms with E-state index in [0.29, 0.717) is 12.2 Å². The number of hydrogen-bond donors (Lipinski definition) is 1. The fourth-order valence-electron chi connectivity index (χ4n) is 3.71. The van der Waals surface area contributed by atoms with E-state index in [1.165, 1.54) is 0 Å². The number of ether oxygens (including phenoxy) is 3. The second-order valence-corrected chi connectivity index (χ2v) is 9.98. The normalized spacial score (nSPS) is 15.6. The van der Waals surface area contributed by atoms with Crippen LogP contribution in [0.5, 0.6) is 5.75 Å². The van der Waals surface area contributed by atoms with E-state index < -0.39 is 26.8 Å². The first-order valence-corrected chi connectivity index (χ1v) is 10.7. The fourth-order valence-corrected chi connectivity index (χ4v) is 5.06. The summed E-state index contributed by atoms with van der Waals surface area (Å²) in [5.41, 5.74) is -1.29. The molecule has 6 nitrogen and oxygen atoms in total. The van der Waals surface area contributed by atoms with Gasteiger partial charge in [0.1, 0.15) is 5.75 Å². The highest BCUT2D eigenvalue weighted by Gasteiger charge is 2.64. The predicted molar refractivity (Wildman–Crippen MR) is 106 cm³/mol. The van der Waals surface area contributed by atoms with Crippen molar-refractivity contribution < 1.29 is 27.2 Å². The van der Waals surface area contributed by atoms with Crippen LogP contribution in [0.2, 0.25) is 0 Å². The molecule has 0 bridgehead atoms. The summed E-state index contributed by atoms with van der Waals surface area (Å²) in [5.74, 6) is 0.307. The van der Waals surface area contributed by atoms with Crippen molar-refractivity contribution in [1.29, 1.82) is 0 Å². The molecule has 0 amide bonds. The average Bonchev–Trinajstić information content (AvgIpc) is 2.49. The van der Waals surface area contributed by atoms with Crippen molar-refractivity contribution in [3.8, 4) is 5.75 Å². The third kappa shape index (κ3) is 5.67. The van der Waals surface area contributed by atoms with E-state index in [0.717, 1.165) is 0 Å². The molecule has 0 aromatic heterocycles. The van der Waals surface area contributed by atoms with Gasteiger partial charge in [0, 0.05) is 18.6 Å². The highest BCUT2D eigenvalue weighted by Crippen LogP contribution is 2.49. The molecular formula is C20H34O6S. The van der Waals surface area contributed by atoms with Crippen molar-refractivity contribution in [3.05, 3.63) is 30.3 Å². The van der Waals surface area contributed by atoms with Gasteiger partial charge in [0.05, 0.1) is 0 Å². The molecule has 1 aromatic rings. The number of rotatable bonds is 10. The molecule has 0 fully saturated rings. The van der Waals surface area contributed by atoms with E-state index in [-0.39, 0.29) is 18.6 Å². The van der Waals surface area contributed by atoms with Crippen LogP contribution < -0.4 is 4.74 Å². The number of hydrogen-bond acceptors (Lipinski definition) is 5. The molecule has 1 unspecified atom stereocenters. The SMILES string of the molecule is CCOC(OCC)C(Oc1ccccc1)(C(C)(C)CC(C)(C)C)S(=O)(=O)O. The molecule has 0 radical (unpaired) electrons. The molecule has 1 N–H and O–H groups in total. The van der Waals surface area contributed by atoms with Gasteiger partial charge in [-0.1, -0.05) is 52.8 Å². The van der Waals surface area contributed by atoms with Crippen molar-refractivity contribution in [2.24, 2.45) is 10.8 Å². The van der Waals surface area contributed by atoms with Gasteiger partial charge in [0.25, 0.3) is 4.93 Å². The van der Waals surface area contributed by atoms with E-state index in [9.17, 15) is 13.0 Å². The Morgan fingerprint density at radius 2 is 1.44 bits per heavy atom. The third-order valence-electron chi connectivity index (χ3n) is 4.26. The lowest BCUT2D eigenvalue weighted by Gasteiger charge is -2.49. The first kappa shape index (κ1) is 23.9. The Bertz CT molecular complexity index is 672. The molecule has 1 atom stereocenters. The Morgan fingerprint density at radius 1 is 0.963 bits per heavy atom. The molecule has 0 aliphatic heterocycles. The van der Waals surface area contributed by atoms with E-state index in [4.69, 9.17) is 14.2 Å². The van der Waals surface area contributed by atoms with Gasteiger partial charge in [-0.25, -0.2) is 0 Å². The average molecular weight is 403 g/mol. The maximum absolute atomic E-state index is 12.9. The Kier molecular flexibility index (Phi) is 7.88. The largest absolute Gasteiger partial charge is 0.463 e. The Morgan fingerprint density at radius 3 is 1.81 bits per heavy atom. The lowest BCUT2D eigenvalue weighted by Crippen LogP contribution is -2.65. The van der Waals surface area contributed by atoms with Crippen LogP contribution in [0.4, 0.5) is 0 Å². The van der Waals surface area contributed by atoms with E-state index in [1.54, 1.807) is 58.0 Å². The first-order chi connectivity index (χ1) is 12.3. The highest BCUT2D eigenvalue weighted by molar-refractivity contribution is 7.87. The maximum atomic E-state index is 12.9. The van der Waals surface area contributed by atoms with Crippen LogP contribution in [0, 0.1) is 10.8 Å². The Hall–Kier alpha value is -1.15. The van der Waals surface area contributed by atoms with Crippen LogP contribution >= 0.6 is 0 Å². The van der Waals surface area contributed by atoms with Crippen molar-refractivity contribution in [2.75, 3.05) is 13.2 Å². The predicted octanol–water partition coefficient (Wildman–Crippen LogP) is 4.51. The van der Waals surface area contributed by atoms with E-state index in [2.05, 4.69) is 0 Å². The zero-order valence-corrected chi connectivity index (χ0v) is 18.3. The second kappa shape index (κ2) is 8.90. The molecule has 7 heteroatoms. The zero-order chi connectivity index (χ0) is 20.9. The minimum Gasteiger partial charge on any atom is -0.463 e. The minimum absolute atomic E-state index is 0.200. The summed E-state index contributed by atoms with van der Waals surface area (Å²) in [4.78, 5) is -2.15. The number of para-hydroxylation sites is 1. The topological polar surface area (TPSA) is 82.1 Å². The summed E-state index contributed by atoms with van der Waals surface area (Å²) in [6, 6.07) is 8.55. The van der Waals surface area contributed by atoms with Gasteiger partial charge in [-0.3, -0.25) is 4.55 Å². The monoisotopic (exact) mass is 402 g/mol. The summed E-state index contributed by atoms with van der Waals surface area (Å²) in [5, 5.41) is 0. The molecule has 0 aliphatic rings. The van der Waals surface area contributed by atoms with Crippen LogP contribution in [0.25, 0.3) is 0 Å². The van der Waals surface area contributed by atoms with Crippen LogP contribution in [-0.2, 0) is 19.6 Å². The zero-order valence-electron chi connectivity index (χ0n) is 17.5. The molecular weight excluding hydrogens is 368 g/mol. The first-order valence-electron chi connectivity index (χ1n) is 9.25. The standard InChI is InChI=1S/C20H34O6S/c1-8-24-17(25-9-2)20(27(21,22)23,19(6,7)15-18(3,4)5)26-16-13-11-10-12-14-16/h10-14,17H,8-9,15H2,1-7H3,(H,21,22,23). The molecule has 1 rings (SSSR count). The van der Waals surface area contributed by atoms with Crippen molar-refractivity contribution >= 4 is 10.1 Å². The third-order valence-corrected chi connectivity index (χ3v) is 5.85. The summed E-state index contributed by atoms with van der Waals surface area (Å²) in [7, 11) is -4.77. The molecule has 27 heavy (non-hydrogen) atoms. The molecule has 0 heterocycles. The smallest absolute Gasteiger partial charge is 0.312 e. The number of benzene rings is 1. The van der Waals surface area contributed by atoms with Crippen molar-refractivity contribution in [2.45, 2.75) is 66.1 Å². The molecule has 0 aliphatic carbocycles. The highest BCUT2D eigenvalue weighted by atomic mass is 32.2. The van der Waals surface area contributed by atoms with Crippen LogP contribution in [0.3, 0.4) is 0 Å².